The number of amides is 2. The average Bonchev–Trinajstić information content (AvgIpc) is 3.10. The number of rotatable bonds is 7. The predicted molar refractivity (Wildman–Crippen MR) is 177 cm³/mol. The summed E-state index contributed by atoms with van der Waals surface area (Å²) in [7, 11) is -4.03. The van der Waals surface area contributed by atoms with Gasteiger partial charge in [-0.2, -0.15) is 0 Å². The number of aryl methyl sites for hydroxylation is 2. The summed E-state index contributed by atoms with van der Waals surface area (Å²) in [6.45, 7) is 8.65. The van der Waals surface area contributed by atoms with Crippen molar-refractivity contribution in [3.05, 3.63) is 118 Å². The van der Waals surface area contributed by atoms with E-state index in [1.807, 2.05) is 50.2 Å². The second-order valence-corrected chi connectivity index (χ2v) is 13.9. The van der Waals surface area contributed by atoms with Gasteiger partial charge in [0.05, 0.1) is 27.6 Å². The second kappa shape index (κ2) is 12.7. The second-order valence-electron chi connectivity index (χ2n) is 11.6. The summed E-state index contributed by atoms with van der Waals surface area (Å²) in [4.78, 5) is 33.4. The fourth-order valence-corrected chi connectivity index (χ4v) is 7.79. The van der Waals surface area contributed by atoms with Gasteiger partial charge in [-0.15, -0.1) is 0 Å². The summed E-state index contributed by atoms with van der Waals surface area (Å²) in [5, 5.41) is 3.70. The zero-order valence-electron chi connectivity index (χ0n) is 25.3. The van der Waals surface area contributed by atoms with Crippen molar-refractivity contribution in [2.45, 2.75) is 30.2 Å². The first-order valence-corrected chi connectivity index (χ1v) is 16.9. The van der Waals surface area contributed by atoms with Crippen molar-refractivity contribution in [1.29, 1.82) is 0 Å². The lowest BCUT2D eigenvalue weighted by Crippen LogP contribution is -2.48. The molecule has 2 heterocycles. The maximum absolute atomic E-state index is 14.0. The van der Waals surface area contributed by atoms with Crippen molar-refractivity contribution in [2.24, 2.45) is 0 Å². The number of piperazine rings is 1. The molecule has 2 amide bonds. The van der Waals surface area contributed by atoms with Crippen molar-refractivity contribution >= 4 is 44.6 Å². The molecule has 0 unspecified atom stereocenters. The lowest BCUT2D eigenvalue weighted by atomic mass is 10.0. The Morgan fingerprint density at radius 1 is 0.867 bits per heavy atom. The molecule has 1 fully saturated rings. The molecule has 2 aliphatic heterocycles. The third kappa shape index (κ3) is 6.33. The van der Waals surface area contributed by atoms with E-state index in [1.54, 1.807) is 18.2 Å². The molecule has 0 aliphatic carbocycles. The average molecular weight is 643 g/mol. The lowest BCUT2D eigenvalue weighted by Gasteiger charge is -2.36. The highest BCUT2D eigenvalue weighted by Gasteiger charge is 2.36. The minimum Gasteiger partial charge on any atom is -0.369 e. The Bertz CT molecular complexity index is 1890. The molecule has 1 saturated heterocycles. The Balaban J connectivity index is 1.21. The van der Waals surface area contributed by atoms with Crippen molar-refractivity contribution < 1.29 is 18.0 Å². The normalized spacial score (nSPS) is 16.1. The SMILES string of the molecule is Cc1ccc(C)c(CN2C(=O)c3ccccc3S(=O)(=O)c3ccc(C(=O)NCCN4CCN(c5cccc(Cl)c5)CC4)cc32)c1. The third-order valence-electron chi connectivity index (χ3n) is 8.55. The number of fused-ring (bicyclic) bond motifs is 2. The standard InChI is InChI=1S/C35H35ClN4O4S/c1-24-10-11-25(2)27(20-24)23-40-31-21-26(12-13-33(31)45(43,44)32-9-4-3-8-30(32)35(40)42)34(41)37-14-15-38-16-18-39(19-17-38)29-7-5-6-28(36)22-29/h3-13,20-22H,14-19,23H2,1-2H3,(H,37,41). The molecule has 0 atom stereocenters. The molecule has 0 radical (unpaired) electrons. The highest BCUT2D eigenvalue weighted by atomic mass is 35.5. The summed E-state index contributed by atoms with van der Waals surface area (Å²) >= 11 is 6.16. The minimum absolute atomic E-state index is 0.000214. The number of carbonyl (C=O) groups excluding carboxylic acids is 2. The molecule has 4 aromatic carbocycles. The highest BCUT2D eigenvalue weighted by molar-refractivity contribution is 7.91. The van der Waals surface area contributed by atoms with E-state index in [2.05, 4.69) is 21.2 Å². The van der Waals surface area contributed by atoms with Gasteiger partial charge in [-0.1, -0.05) is 53.6 Å². The van der Waals surface area contributed by atoms with Crippen molar-refractivity contribution in [3.63, 3.8) is 0 Å². The van der Waals surface area contributed by atoms with Gasteiger partial charge in [0.2, 0.25) is 9.84 Å². The van der Waals surface area contributed by atoms with Gasteiger partial charge in [0.1, 0.15) is 0 Å². The first-order valence-electron chi connectivity index (χ1n) is 15.0. The van der Waals surface area contributed by atoms with E-state index >= 15 is 0 Å². The van der Waals surface area contributed by atoms with Crippen LogP contribution in [-0.4, -0.2) is 64.4 Å². The van der Waals surface area contributed by atoms with Gasteiger partial charge >= 0.3 is 0 Å². The highest BCUT2D eigenvalue weighted by Crippen LogP contribution is 2.38. The van der Waals surface area contributed by atoms with Crippen LogP contribution in [0, 0.1) is 13.8 Å². The topological polar surface area (TPSA) is 90.0 Å². The van der Waals surface area contributed by atoms with Gasteiger partial charge in [-0.05, 0) is 73.5 Å². The molecule has 4 aromatic rings. The zero-order valence-corrected chi connectivity index (χ0v) is 26.9. The number of nitrogens with zero attached hydrogens (tertiary/aromatic N) is 3. The number of anilines is 2. The van der Waals surface area contributed by atoms with Crippen LogP contribution < -0.4 is 15.1 Å². The van der Waals surface area contributed by atoms with Crippen LogP contribution in [0.25, 0.3) is 0 Å². The van der Waals surface area contributed by atoms with E-state index in [0.717, 1.165) is 53.6 Å². The molecule has 1 N–H and O–H groups in total. The van der Waals surface area contributed by atoms with E-state index < -0.39 is 15.7 Å². The molecule has 6 rings (SSSR count). The molecule has 0 spiro atoms. The Morgan fingerprint density at radius 2 is 1.64 bits per heavy atom. The Labute approximate surface area is 269 Å². The monoisotopic (exact) mass is 642 g/mol. The van der Waals surface area contributed by atoms with Gasteiger partial charge in [-0.3, -0.25) is 14.5 Å². The largest absolute Gasteiger partial charge is 0.369 e. The summed E-state index contributed by atoms with van der Waals surface area (Å²) in [6.07, 6.45) is 0. The number of benzene rings is 4. The van der Waals surface area contributed by atoms with Gasteiger partial charge in [0.25, 0.3) is 11.8 Å². The predicted octanol–water partition coefficient (Wildman–Crippen LogP) is 5.50. The minimum atomic E-state index is -4.03. The lowest BCUT2D eigenvalue weighted by molar-refractivity contribution is 0.0944. The molecule has 8 nitrogen and oxygen atoms in total. The maximum Gasteiger partial charge on any atom is 0.259 e. The molecule has 232 valence electrons. The summed E-state index contributed by atoms with van der Waals surface area (Å²) in [6, 6.07) is 24.6. The van der Waals surface area contributed by atoms with Gasteiger partial charge in [0.15, 0.2) is 0 Å². The smallest absolute Gasteiger partial charge is 0.259 e. The van der Waals surface area contributed by atoms with Gasteiger partial charge in [-0.25, -0.2) is 8.42 Å². The number of hydrogen-bond acceptors (Lipinski definition) is 6. The van der Waals surface area contributed by atoms with Gasteiger partial charge in [0, 0.05) is 55.5 Å². The van der Waals surface area contributed by atoms with Crippen LogP contribution in [0.5, 0.6) is 0 Å². The molecular formula is C35H35ClN4O4S. The number of nitrogens with one attached hydrogen (secondary N) is 1. The summed E-state index contributed by atoms with van der Waals surface area (Å²) in [5.41, 5.74) is 4.62. The summed E-state index contributed by atoms with van der Waals surface area (Å²) < 4.78 is 27.7. The quantitative estimate of drug-likeness (QED) is 0.286. The Morgan fingerprint density at radius 3 is 2.42 bits per heavy atom. The maximum atomic E-state index is 14.0. The van der Waals surface area contributed by atoms with Crippen LogP contribution in [0.4, 0.5) is 11.4 Å². The molecule has 45 heavy (non-hydrogen) atoms. The fraction of sp³-hybridized carbons (Fsp3) is 0.257. The number of carbonyl (C=O) groups is 2. The van der Waals surface area contributed by atoms with Crippen LogP contribution in [0.3, 0.4) is 0 Å². The van der Waals surface area contributed by atoms with E-state index in [0.29, 0.717) is 18.7 Å². The van der Waals surface area contributed by atoms with E-state index in [9.17, 15) is 18.0 Å². The molecular weight excluding hydrogens is 608 g/mol. The molecule has 0 saturated carbocycles. The van der Waals surface area contributed by atoms with Gasteiger partial charge < -0.3 is 15.1 Å². The van der Waals surface area contributed by atoms with E-state index in [-0.39, 0.29) is 33.5 Å². The molecule has 0 bridgehead atoms. The molecule has 2 aliphatic rings. The van der Waals surface area contributed by atoms with Crippen LogP contribution >= 0.6 is 11.6 Å². The number of sulfone groups is 1. The van der Waals surface area contributed by atoms with Crippen LogP contribution in [-0.2, 0) is 16.4 Å². The Kier molecular flexibility index (Phi) is 8.68. The van der Waals surface area contributed by atoms with Crippen molar-refractivity contribution in [2.75, 3.05) is 49.1 Å². The zero-order chi connectivity index (χ0) is 31.7. The van der Waals surface area contributed by atoms with Crippen LogP contribution in [0.2, 0.25) is 5.02 Å². The van der Waals surface area contributed by atoms with Crippen LogP contribution in [0.1, 0.15) is 37.4 Å². The third-order valence-corrected chi connectivity index (χ3v) is 10.6. The van der Waals surface area contributed by atoms with E-state index in [4.69, 9.17) is 11.6 Å². The first kappa shape index (κ1) is 30.8. The molecule has 0 aromatic heterocycles. The number of hydrogen-bond donors (Lipinski definition) is 1. The van der Waals surface area contributed by atoms with E-state index in [1.165, 1.54) is 29.2 Å². The Hall–Kier alpha value is -4.18. The fourth-order valence-electron chi connectivity index (χ4n) is 5.98. The first-order chi connectivity index (χ1) is 21.6. The number of halogens is 1. The molecule has 10 heteroatoms. The van der Waals surface area contributed by atoms with Crippen LogP contribution in [0.15, 0.2) is 94.7 Å². The van der Waals surface area contributed by atoms with Crippen molar-refractivity contribution in [3.8, 4) is 0 Å². The van der Waals surface area contributed by atoms with Crippen molar-refractivity contribution in [1.82, 2.24) is 10.2 Å². The summed E-state index contributed by atoms with van der Waals surface area (Å²) in [5.74, 6) is -0.753.